The van der Waals surface area contributed by atoms with Crippen LogP contribution in [0.2, 0.25) is 0 Å². The van der Waals surface area contributed by atoms with Gasteiger partial charge in [-0.15, -0.1) is 11.8 Å². The standard InChI is InChI=1S/C11H14N2S/c1-2-10-11(14-4-3-13-10)5-8(1)9-6-12-7-9/h1-2,5,9,12-13H,3-4,6-7H2. The highest BCUT2D eigenvalue weighted by Gasteiger charge is 2.20. The zero-order chi connectivity index (χ0) is 9.38. The lowest BCUT2D eigenvalue weighted by Gasteiger charge is -2.29. The molecule has 0 atom stereocenters. The molecule has 1 aromatic rings. The molecule has 0 amide bonds. The Labute approximate surface area is 88.5 Å². The molecule has 0 bridgehead atoms. The second kappa shape index (κ2) is 3.48. The molecular weight excluding hydrogens is 192 g/mol. The normalized spacial score (nSPS) is 20.9. The average Bonchev–Trinajstić information content (AvgIpc) is 2.15. The van der Waals surface area contributed by atoms with Gasteiger partial charge in [0.2, 0.25) is 0 Å². The van der Waals surface area contributed by atoms with Gasteiger partial charge in [0.1, 0.15) is 0 Å². The summed E-state index contributed by atoms with van der Waals surface area (Å²) in [7, 11) is 0. The third-order valence-corrected chi connectivity index (χ3v) is 3.99. The van der Waals surface area contributed by atoms with Gasteiger partial charge in [-0.05, 0) is 17.7 Å². The van der Waals surface area contributed by atoms with E-state index in [2.05, 4.69) is 28.8 Å². The first-order chi connectivity index (χ1) is 6.93. The number of nitrogens with one attached hydrogen (secondary N) is 2. The molecule has 14 heavy (non-hydrogen) atoms. The van der Waals surface area contributed by atoms with Crippen molar-refractivity contribution in [1.29, 1.82) is 0 Å². The summed E-state index contributed by atoms with van der Waals surface area (Å²) < 4.78 is 0. The quantitative estimate of drug-likeness (QED) is 0.734. The second-order valence-electron chi connectivity index (χ2n) is 3.89. The van der Waals surface area contributed by atoms with E-state index in [1.807, 2.05) is 11.8 Å². The zero-order valence-electron chi connectivity index (χ0n) is 8.05. The van der Waals surface area contributed by atoms with Crippen LogP contribution in [0.15, 0.2) is 23.1 Å². The van der Waals surface area contributed by atoms with E-state index in [9.17, 15) is 0 Å². The van der Waals surface area contributed by atoms with Gasteiger partial charge >= 0.3 is 0 Å². The van der Waals surface area contributed by atoms with Crippen molar-refractivity contribution in [3.63, 3.8) is 0 Å². The maximum Gasteiger partial charge on any atom is 0.0478 e. The molecule has 2 aliphatic heterocycles. The van der Waals surface area contributed by atoms with Crippen molar-refractivity contribution in [2.75, 3.05) is 30.7 Å². The van der Waals surface area contributed by atoms with Crippen LogP contribution in [-0.4, -0.2) is 25.4 Å². The highest BCUT2D eigenvalue weighted by atomic mass is 32.2. The Kier molecular flexibility index (Phi) is 2.14. The van der Waals surface area contributed by atoms with Crippen LogP contribution >= 0.6 is 11.8 Å². The maximum absolute atomic E-state index is 3.43. The van der Waals surface area contributed by atoms with Crippen molar-refractivity contribution in [3.05, 3.63) is 23.8 Å². The van der Waals surface area contributed by atoms with E-state index in [0.717, 1.165) is 25.6 Å². The molecule has 2 heterocycles. The summed E-state index contributed by atoms with van der Waals surface area (Å²) in [6, 6.07) is 6.86. The molecule has 3 heteroatoms. The van der Waals surface area contributed by atoms with Gasteiger partial charge < -0.3 is 10.6 Å². The Bertz CT molecular complexity index is 347. The molecule has 0 radical (unpaired) electrons. The predicted octanol–water partition coefficient (Wildman–Crippen LogP) is 1.89. The van der Waals surface area contributed by atoms with Crippen LogP contribution in [0.4, 0.5) is 5.69 Å². The minimum absolute atomic E-state index is 0.753. The average molecular weight is 206 g/mol. The molecular formula is C11H14N2S. The van der Waals surface area contributed by atoms with Gasteiger partial charge in [0.05, 0.1) is 0 Å². The molecule has 74 valence electrons. The summed E-state index contributed by atoms with van der Waals surface area (Å²) in [4.78, 5) is 1.43. The Balaban J connectivity index is 1.92. The first kappa shape index (κ1) is 8.62. The van der Waals surface area contributed by atoms with Crippen molar-refractivity contribution in [1.82, 2.24) is 5.32 Å². The number of hydrogen-bond acceptors (Lipinski definition) is 3. The van der Waals surface area contributed by atoms with E-state index in [1.54, 1.807) is 0 Å². The Morgan fingerprint density at radius 2 is 2.21 bits per heavy atom. The molecule has 0 unspecified atom stereocenters. The third-order valence-electron chi connectivity index (χ3n) is 2.93. The Morgan fingerprint density at radius 3 is 3.00 bits per heavy atom. The van der Waals surface area contributed by atoms with Gasteiger partial charge in [-0.25, -0.2) is 0 Å². The number of benzene rings is 1. The molecule has 0 aromatic heterocycles. The van der Waals surface area contributed by atoms with Crippen molar-refractivity contribution < 1.29 is 0 Å². The molecule has 1 aromatic carbocycles. The number of thioether (sulfide) groups is 1. The summed E-state index contributed by atoms with van der Waals surface area (Å²) in [5, 5.41) is 6.75. The smallest absolute Gasteiger partial charge is 0.0478 e. The second-order valence-corrected chi connectivity index (χ2v) is 5.02. The van der Waals surface area contributed by atoms with Gasteiger partial charge in [0.25, 0.3) is 0 Å². The maximum atomic E-state index is 3.43. The lowest BCUT2D eigenvalue weighted by Crippen LogP contribution is -2.39. The van der Waals surface area contributed by atoms with Gasteiger partial charge in [-0.3, -0.25) is 0 Å². The van der Waals surface area contributed by atoms with Crippen LogP contribution in [-0.2, 0) is 0 Å². The van der Waals surface area contributed by atoms with Crippen LogP contribution in [0.5, 0.6) is 0 Å². The summed E-state index contributed by atoms with van der Waals surface area (Å²) in [5.41, 5.74) is 2.82. The minimum atomic E-state index is 0.753. The van der Waals surface area contributed by atoms with Crippen LogP contribution < -0.4 is 10.6 Å². The summed E-state index contributed by atoms with van der Waals surface area (Å²) >= 11 is 1.97. The molecule has 3 rings (SSSR count). The van der Waals surface area contributed by atoms with Crippen molar-refractivity contribution >= 4 is 17.4 Å². The van der Waals surface area contributed by atoms with Crippen LogP contribution in [0.1, 0.15) is 11.5 Å². The molecule has 2 aliphatic rings. The highest BCUT2D eigenvalue weighted by molar-refractivity contribution is 7.99. The van der Waals surface area contributed by atoms with Gasteiger partial charge in [0.15, 0.2) is 0 Å². The van der Waals surface area contributed by atoms with Crippen LogP contribution in [0, 0.1) is 0 Å². The lowest BCUT2D eigenvalue weighted by molar-refractivity contribution is 0.448. The lowest BCUT2D eigenvalue weighted by atomic mass is 9.94. The third kappa shape index (κ3) is 1.41. The Morgan fingerprint density at radius 1 is 1.29 bits per heavy atom. The molecule has 1 fully saturated rings. The SMILES string of the molecule is c1cc2c(cc1C1CNC1)SCCN2. The van der Waals surface area contributed by atoms with Gasteiger partial charge in [-0.2, -0.15) is 0 Å². The summed E-state index contributed by atoms with van der Waals surface area (Å²) in [5.74, 6) is 1.95. The van der Waals surface area contributed by atoms with Crippen molar-refractivity contribution in [2.24, 2.45) is 0 Å². The fourth-order valence-electron chi connectivity index (χ4n) is 1.93. The van der Waals surface area contributed by atoms with Crippen LogP contribution in [0.3, 0.4) is 0 Å². The van der Waals surface area contributed by atoms with Crippen LogP contribution in [0.25, 0.3) is 0 Å². The van der Waals surface area contributed by atoms with Gasteiger partial charge in [-0.1, -0.05) is 6.07 Å². The summed E-state index contributed by atoms with van der Waals surface area (Å²) in [6.45, 7) is 3.40. The molecule has 0 saturated carbocycles. The fourth-order valence-corrected chi connectivity index (χ4v) is 2.87. The minimum Gasteiger partial charge on any atom is -0.383 e. The number of hydrogen-bond donors (Lipinski definition) is 2. The number of rotatable bonds is 1. The molecule has 0 spiro atoms. The van der Waals surface area contributed by atoms with E-state index in [0.29, 0.717) is 0 Å². The predicted molar refractivity (Wildman–Crippen MR) is 61.3 cm³/mol. The van der Waals surface area contributed by atoms with E-state index in [1.165, 1.54) is 21.9 Å². The van der Waals surface area contributed by atoms with Gasteiger partial charge in [0, 0.05) is 41.9 Å². The highest BCUT2D eigenvalue weighted by Crippen LogP contribution is 2.34. The van der Waals surface area contributed by atoms with E-state index in [4.69, 9.17) is 0 Å². The molecule has 0 aliphatic carbocycles. The number of anilines is 1. The molecule has 2 nitrogen and oxygen atoms in total. The number of fused-ring (bicyclic) bond motifs is 1. The topological polar surface area (TPSA) is 24.1 Å². The monoisotopic (exact) mass is 206 g/mol. The summed E-state index contributed by atoms with van der Waals surface area (Å²) in [6.07, 6.45) is 0. The van der Waals surface area contributed by atoms with Crippen molar-refractivity contribution in [3.8, 4) is 0 Å². The zero-order valence-corrected chi connectivity index (χ0v) is 8.86. The molecule has 1 saturated heterocycles. The Hall–Kier alpha value is -0.670. The van der Waals surface area contributed by atoms with E-state index < -0.39 is 0 Å². The first-order valence-corrected chi connectivity index (χ1v) is 6.13. The first-order valence-electron chi connectivity index (χ1n) is 5.15. The van der Waals surface area contributed by atoms with Crippen molar-refractivity contribution in [2.45, 2.75) is 10.8 Å². The van der Waals surface area contributed by atoms with E-state index in [-0.39, 0.29) is 0 Å². The molecule has 2 N–H and O–H groups in total. The van der Waals surface area contributed by atoms with E-state index >= 15 is 0 Å². The fraction of sp³-hybridized carbons (Fsp3) is 0.455. The largest absolute Gasteiger partial charge is 0.383 e.